The van der Waals surface area contributed by atoms with Gasteiger partial charge in [-0.15, -0.1) is 5.56 Å². The van der Waals surface area contributed by atoms with Gasteiger partial charge in [-0.3, -0.25) is 9.97 Å². The van der Waals surface area contributed by atoms with Gasteiger partial charge in [0, 0.05) is 44.9 Å². The first-order valence-corrected chi connectivity index (χ1v) is 12.8. The van der Waals surface area contributed by atoms with Gasteiger partial charge in [-0.2, -0.15) is 48.6 Å². The molecule has 8 nitrogen and oxygen atoms in total. The smallest absolute Gasteiger partial charge is 0.419 e. The van der Waals surface area contributed by atoms with Crippen molar-refractivity contribution in [2.45, 2.75) is 37.3 Å². The Morgan fingerprint density at radius 3 is 2.38 bits per heavy atom. The van der Waals surface area contributed by atoms with Gasteiger partial charge in [0.25, 0.3) is 0 Å². The molecule has 5 rings (SSSR count). The van der Waals surface area contributed by atoms with Gasteiger partial charge in [0.05, 0.1) is 34.3 Å². The number of carboxylic acid groups (broad SMARTS) is 1. The molecule has 0 aliphatic heterocycles. The molecule has 0 fully saturated rings. The second-order valence-corrected chi connectivity index (χ2v) is 9.35. The fourth-order valence-corrected chi connectivity index (χ4v) is 4.79. The predicted molar refractivity (Wildman–Crippen MR) is 142 cm³/mol. The van der Waals surface area contributed by atoms with Crippen LogP contribution in [0.25, 0.3) is 5.82 Å². The monoisotopic (exact) mass is 750 g/mol. The molecular formula is C30H24F3IrN6O2-. The quantitative estimate of drug-likeness (QED) is 0.144. The third kappa shape index (κ3) is 6.61. The van der Waals surface area contributed by atoms with E-state index in [1.807, 2.05) is 18.2 Å². The van der Waals surface area contributed by atoms with Gasteiger partial charge in [0.1, 0.15) is 5.69 Å². The molecule has 1 atom stereocenters. The number of rotatable bonds is 10. The van der Waals surface area contributed by atoms with Crippen LogP contribution in [0.2, 0.25) is 0 Å². The summed E-state index contributed by atoms with van der Waals surface area (Å²) in [7, 11) is 0. The Kier molecular flexibility index (Phi) is 9.59. The number of aromatic carboxylic acids is 1. The van der Waals surface area contributed by atoms with E-state index in [1.54, 1.807) is 55.0 Å². The van der Waals surface area contributed by atoms with E-state index in [1.165, 1.54) is 6.07 Å². The Morgan fingerprint density at radius 2 is 1.71 bits per heavy atom. The summed E-state index contributed by atoms with van der Waals surface area (Å²) in [5.74, 6) is -1.01. The van der Waals surface area contributed by atoms with E-state index < -0.39 is 23.1 Å². The number of unbranched alkanes of at least 4 members (excludes halogenated alkanes) is 1. The number of carbonyl (C=O) groups is 1. The first-order chi connectivity index (χ1) is 19.8. The minimum absolute atomic E-state index is 0. The molecule has 0 saturated carbocycles. The number of alkyl halides is 3. The average molecular weight is 750 g/mol. The van der Waals surface area contributed by atoms with Gasteiger partial charge in [0.2, 0.25) is 0 Å². The second-order valence-electron chi connectivity index (χ2n) is 9.35. The number of carboxylic acids is 1. The first-order valence-electron chi connectivity index (χ1n) is 12.8. The van der Waals surface area contributed by atoms with Crippen LogP contribution in [0.15, 0.2) is 91.6 Å². The summed E-state index contributed by atoms with van der Waals surface area (Å²) in [6.07, 6.45) is 4.54. The zero-order valence-corrected chi connectivity index (χ0v) is 24.4. The molecule has 1 radical (unpaired) electrons. The van der Waals surface area contributed by atoms with Gasteiger partial charge >= 0.3 is 12.1 Å². The molecule has 42 heavy (non-hydrogen) atoms. The summed E-state index contributed by atoms with van der Waals surface area (Å²) in [4.78, 5) is 29.6. The van der Waals surface area contributed by atoms with E-state index in [0.717, 1.165) is 29.2 Å². The van der Waals surface area contributed by atoms with E-state index in [-0.39, 0.29) is 31.6 Å². The molecule has 0 spiro atoms. The Hall–Kier alpha value is -4.28. The summed E-state index contributed by atoms with van der Waals surface area (Å²) in [6, 6.07) is 20.3. The van der Waals surface area contributed by atoms with Crippen molar-refractivity contribution < 1.29 is 43.2 Å². The van der Waals surface area contributed by atoms with Gasteiger partial charge in [-0.05, 0) is 43.5 Å². The molecule has 0 amide bonds. The zero-order chi connectivity index (χ0) is 28.9. The number of hydrogen-bond acceptors (Lipinski definition) is 6. The number of nitrogens with zero attached hydrogens (tertiary/aromatic N) is 6. The maximum absolute atomic E-state index is 13.3. The molecule has 0 saturated heterocycles. The molecule has 1 aromatic carbocycles. The van der Waals surface area contributed by atoms with Crippen molar-refractivity contribution in [3.05, 3.63) is 132 Å². The molecule has 1 unspecified atom stereocenters. The summed E-state index contributed by atoms with van der Waals surface area (Å²) < 4.78 is 40.9. The SMILES string of the molecule is O=C(O)c1cccc(C(CCCCc2cnccn2)(c2[c-]cccc2)c2cccc(-n3cc(C(F)(F)F)cn3)n2)n1.[Ir]. The van der Waals surface area contributed by atoms with Crippen molar-refractivity contribution in [2.24, 2.45) is 0 Å². The van der Waals surface area contributed by atoms with Crippen molar-refractivity contribution in [1.82, 2.24) is 29.7 Å². The summed E-state index contributed by atoms with van der Waals surface area (Å²) in [5.41, 5.74) is 0.319. The maximum atomic E-state index is 13.3. The van der Waals surface area contributed by atoms with Crippen molar-refractivity contribution in [3.63, 3.8) is 0 Å². The van der Waals surface area contributed by atoms with Crippen molar-refractivity contribution in [2.75, 3.05) is 0 Å². The number of halogens is 3. The minimum Gasteiger partial charge on any atom is -0.477 e. The summed E-state index contributed by atoms with van der Waals surface area (Å²) >= 11 is 0. The Labute approximate surface area is 253 Å². The van der Waals surface area contributed by atoms with Crippen molar-refractivity contribution >= 4 is 5.97 Å². The molecular weight excluding hydrogens is 726 g/mol. The summed E-state index contributed by atoms with van der Waals surface area (Å²) in [5, 5.41) is 13.6. The molecule has 217 valence electrons. The maximum Gasteiger partial charge on any atom is 0.419 e. The van der Waals surface area contributed by atoms with Gasteiger partial charge < -0.3 is 5.11 Å². The van der Waals surface area contributed by atoms with E-state index in [9.17, 15) is 23.1 Å². The normalized spacial score (nSPS) is 12.7. The Balaban J connectivity index is 0.00000405. The Bertz CT molecular complexity index is 1630. The molecule has 0 aliphatic carbocycles. The van der Waals surface area contributed by atoms with Crippen LogP contribution in [0.3, 0.4) is 0 Å². The molecule has 12 heteroatoms. The third-order valence-corrected chi connectivity index (χ3v) is 6.74. The van der Waals surface area contributed by atoms with Crippen LogP contribution >= 0.6 is 0 Å². The van der Waals surface area contributed by atoms with Crippen LogP contribution in [0.1, 0.15) is 58.0 Å². The van der Waals surface area contributed by atoms with Crippen molar-refractivity contribution in [1.29, 1.82) is 0 Å². The van der Waals surface area contributed by atoms with E-state index in [2.05, 4.69) is 26.1 Å². The van der Waals surface area contributed by atoms with Crippen LogP contribution in [-0.2, 0) is 38.1 Å². The topological polar surface area (TPSA) is 107 Å². The van der Waals surface area contributed by atoms with Crippen LogP contribution in [0, 0.1) is 6.07 Å². The third-order valence-electron chi connectivity index (χ3n) is 6.74. The summed E-state index contributed by atoms with van der Waals surface area (Å²) in [6.45, 7) is 0. The van der Waals surface area contributed by atoms with Crippen LogP contribution in [0.4, 0.5) is 13.2 Å². The van der Waals surface area contributed by atoms with Crippen LogP contribution < -0.4 is 0 Å². The van der Waals surface area contributed by atoms with Crippen molar-refractivity contribution in [3.8, 4) is 5.82 Å². The Morgan fingerprint density at radius 1 is 0.929 bits per heavy atom. The standard InChI is InChI=1S/C30H24F3N6O2.Ir/c31-30(32,33)22-18-36-39(20-22)27-14-7-13-26(38-27)29(21-8-2-1-3-9-21,25-12-6-11-24(37-25)28(40)41)15-5-4-10-23-19-34-16-17-35-23;/h1-3,6-8,11-14,16-20H,4-5,10,15H2,(H,40,41);/q-1;. The number of aromatic nitrogens is 6. The van der Waals surface area contributed by atoms with Gasteiger partial charge in [-0.25, -0.2) is 19.4 Å². The van der Waals surface area contributed by atoms with Crippen LogP contribution in [0.5, 0.6) is 0 Å². The number of hydrogen-bond donors (Lipinski definition) is 1. The first kappa shape index (κ1) is 30.7. The van der Waals surface area contributed by atoms with E-state index in [4.69, 9.17) is 4.98 Å². The molecule has 4 aromatic heterocycles. The zero-order valence-electron chi connectivity index (χ0n) is 22.0. The molecule has 1 N–H and O–H groups in total. The fraction of sp³-hybridized carbons (Fsp3) is 0.200. The molecule has 0 bridgehead atoms. The molecule has 0 aliphatic rings. The molecule has 4 heterocycles. The predicted octanol–water partition coefficient (Wildman–Crippen LogP) is 5.71. The minimum atomic E-state index is -4.55. The van der Waals surface area contributed by atoms with E-state index in [0.29, 0.717) is 36.2 Å². The number of aryl methyl sites for hydroxylation is 1. The fourth-order valence-electron chi connectivity index (χ4n) is 4.79. The number of benzene rings is 1. The second kappa shape index (κ2) is 13.1. The average Bonchev–Trinajstić information content (AvgIpc) is 3.50. The van der Waals surface area contributed by atoms with Gasteiger partial charge in [-0.1, -0.05) is 18.6 Å². The number of pyridine rings is 2. The molecule has 5 aromatic rings. The largest absolute Gasteiger partial charge is 0.477 e. The van der Waals surface area contributed by atoms with Crippen LogP contribution in [-0.4, -0.2) is 40.8 Å². The van der Waals surface area contributed by atoms with Gasteiger partial charge in [0.15, 0.2) is 5.82 Å². The van der Waals surface area contributed by atoms with E-state index >= 15 is 0 Å².